The Morgan fingerprint density at radius 2 is 0.722 bits per heavy atom. The second kappa shape index (κ2) is 4.63. The fourth-order valence-corrected chi connectivity index (χ4v) is 2.31. The quantitative estimate of drug-likeness (QED) is 0.292. The lowest BCUT2D eigenvalue weighted by Gasteiger charge is -2.60. The standard InChI is InChI=1S/C9H21N3O6/c1-4-10-7(13,14)11(5-2)9(17,18)12(6-3)8(10,15)16/h13-18H,4-6H2,1-3H3. The lowest BCUT2D eigenvalue weighted by Crippen LogP contribution is -2.87. The molecule has 0 saturated carbocycles. The van der Waals surface area contributed by atoms with Crippen molar-refractivity contribution in [3.63, 3.8) is 0 Å². The van der Waals surface area contributed by atoms with Crippen molar-refractivity contribution in [2.45, 2.75) is 38.9 Å². The van der Waals surface area contributed by atoms with Gasteiger partial charge in [-0.3, -0.25) is 0 Å². The highest BCUT2D eigenvalue weighted by molar-refractivity contribution is 4.88. The van der Waals surface area contributed by atoms with E-state index in [-0.39, 0.29) is 19.6 Å². The smallest absolute Gasteiger partial charge is 0.302 e. The number of nitrogens with zero attached hydrogens (tertiary/aromatic N) is 3. The Morgan fingerprint density at radius 1 is 0.556 bits per heavy atom. The topological polar surface area (TPSA) is 131 Å². The van der Waals surface area contributed by atoms with Crippen LogP contribution in [0.25, 0.3) is 0 Å². The van der Waals surface area contributed by atoms with Gasteiger partial charge in [-0.15, -0.1) is 0 Å². The van der Waals surface area contributed by atoms with Crippen LogP contribution in [0.1, 0.15) is 20.8 Å². The molecule has 0 unspecified atom stereocenters. The van der Waals surface area contributed by atoms with Crippen LogP contribution >= 0.6 is 0 Å². The van der Waals surface area contributed by atoms with Crippen LogP contribution in [-0.4, -0.2) is 83.1 Å². The van der Waals surface area contributed by atoms with Crippen molar-refractivity contribution >= 4 is 0 Å². The van der Waals surface area contributed by atoms with E-state index in [9.17, 15) is 30.6 Å². The fraction of sp³-hybridized carbons (Fsp3) is 1.00. The molecule has 1 aliphatic rings. The molecule has 1 rings (SSSR count). The molecule has 9 nitrogen and oxygen atoms in total. The minimum Gasteiger partial charge on any atom is -0.340 e. The molecule has 18 heavy (non-hydrogen) atoms. The highest BCUT2D eigenvalue weighted by atomic mass is 16.7. The third-order valence-corrected chi connectivity index (χ3v) is 3.12. The number of hydrogen-bond donors (Lipinski definition) is 6. The molecule has 1 saturated heterocycles. The normalized spacial score (nSPS) is 28.5. The summed E-state index contributed by atoms with van der Waals surface area (Å²) < 4.78 is 0. The lowest BCUT2D eigenvalue weighted by molar-refractivity contribution is -0.587. The summed E-state index contributed by atoms with van der Waals surface area (Å²) in [5.74, 6) is 0. The van der Waals surface area contributed by atoms with E-state index < -0.39 is 18.1 Å². The summed E-state index contributed by atoms with van der Waals surface area (Å²) in [7, 11) is 0. The van der Waals surface area contributed by atoms with E-state index in [0.717, 1.165) is 0 Å². The maximum atomic E-state index is 9.92. The van der Waals surface area contributed by atoms with E-state index >= 15 is 0 Å². The zero-order chi connectivity index (χ0) is 14.4. The summed E-state index contributed by atoms with van der Waals surface area (Å²) in [6.45, 7) is 3.94. The Morgan fingerprint density at radius 3 is 0.833 bits per heavy atom. The first-order valence-corrected chi connectivity index (χ1v) is 5.75. The van der Waals surface area contributed by atoms with E-state index in [1.165, 1.54) is 20.8 Å². The Labute approximate surface area is 105 Å². The van der Waals surface area contributed by atoms with Crippen molar-refractivity contribution in [2.24, 2.45) is 0 Å². The van der Waals surface area contributed by atoms with Gasteiger partial charge in [0.25, 0.3) is 0 Å². The minimum atomic E-state index is -2.91. The van der Waals surface area contributed by atoms with E-state index in [1.807, 2.05) is 0 Å². The predicted molar refractivity (Wildman–Crippen MR) is 58.6 cm³/mol. The highest BCUT2D eigenvalue weighted by Gasteiger charge is 2.66. The van der Waals surface area contributed by atoms with Crippen molar-refractivity contribution in [2.75, 3.05) is 19.6 Å². The van der Waals surface area contributed by atoms with Crippen LogP contribution in [0.5, 0.6) is 0 Å². The predicted octanol–water partition coefficient (Wildman–Crippen LogP) is -3.25. The van der Waals surface area contributed by atoms with Gasteiger partial charge in [-0.05, 0) is 0 Å². The zero-order valence-corrected chi connectivity index (χ0v) is 10.6. The van der Waals surface area contributed by atoms with Crippen molar-refractivity contribution < 1.29 is 30.6 Å². The van der Waals surface area contributed by atoms with Crippen molar-refractivity contribution in [3.8, 4) is 0 Å². The average molecular weight is 267 g/mol. The monoisotopic (exact) mass is 267 g/mol. The Kier molecular flexibility index (Phi) is 4.04. The molecule has 0 aromatic heterocycles. The van der Waals surface area contributed by atoms with Crippen LogP contribution in [0.2, 0.25) is 0 Å². The van der Waals surface area contributed by atoms with Gasteiger partial charge in [-0.2, -0.15) is 14.7 Å². The first-order valence-electron chi connectivity index (χ1n) is 5.75. The molecular formula is C9H21N3O6. The Balaban J connectivity index is 3.36. The molecule has 0 aliphatic carbocycles. The molecule has 0 radical (unpaired) electrons. The van der Waals surface area contributed by atoms with Crippen molar-refractivity contribution in [3.05, 3.63) is 0 Å². The van der Waals surface area contributed by atoms with Gasteiger partial charge >= 0.3 is 18.1 Å². The number of hydrogen-bond acceptors (Lipinski definition) is 9. The van der Waals surface area contributed by atoms with Gasteiger partial charge in [0.2, 0.25) is 0 Å². The van der Waals surface area contributed by atoms with Gasteiger partial charge in [0.1, 0.15) is 0 Å². The maximum absolute atomic E-state index is 9.92. The molecule has 0 aromatic carbocycles. The van der Waals surface area contributed by atoms with Gasteiger partial charge in [-0.25, -0.2) is 0 Å². The summed E-state index contributed by atoms with van der Waals surface area (Å²) in [6.07, 6.45) is 0. The summed E-state index contributed by atoms with van der Waals surface area (Å²) in [5, 5.41) is 59.5. The molecule has 0 aromatic rings. The molecule has 0 atom stereocenters. The molecule has 1 fully saturated rings. The van der Waals surface area contributed by atoms with Crippen LogP contribution < -0.4 is 0 Å². The van der Waals surface area contributed by atoms with Crippen LogP contribution in [0.4, 0.5) is 0 Å². The van der Waals surface area contributed by atoms with E-state index in [0.29, 0.717) is 14.7 Å². The molecular weight excluding hydrogens is 246 g/mol. The van der Waals surface area contributed by atoms with E-state index in [4.69, 9.17) is 0 Å². The Bertz CT molecular complexity index is 243. The van der Waals surface area contributed by atoms with Gasteiger partial charge in [0, 0.05) is 19.6 Å². The molecule has 1 heterocycles. The van der Waals surface area contributed by atoms with E-state index in [2.05, 4.69) is 0 Å². The largest absolute Gasteiger partial charge is 0.340 e. The SMILES string of the molecule is CCN1C(O)(O)N(CC)C(O)(O)N(CC)C1(O)O. The van der Waals surface area contributed by atoms with Crippen LogP contribution in [0.3, 0.4) is 0 Å². The van der Waals surface area contributed by atoms with E-state index in [1.54, 1.807) is 0 Å². The second-order valence-corrected chi connectivity index (χ2v) is 4.03. The molecule has 0 spiro atoms. The summed E-state index contributed by atoms with van der Waals surface area (Å²) in [4.78, 5) is 1.53. The molecule has 9 heteroatoms. The van der Waals surface area contributed by atoms with Gasteiger partial charge < -0.3 is 30.6 Å². The first kappa shape index (κ1) is 15.7. The molecule has 6 N–H and O–H groups in total. The number of rotatable bonds is 3. The van der Waals surface area contributed by atoms with Crippen molar-refractivity contribution in [1.82, 2.24) is 14.7 Å². The second-order valence-electron chi connectivity index (χ2n) is 4.03. The minimum absolute atomic E-state index is 0.150. The average Bonchev–Trinajstić information content (AvgIpc) is 2.15. The molecule has 0 amide bonds. The summed E-state index contributed by atoms with van der Waals surface area (Å²) in [6, 6.07) is -8.74. The fourth-order valence-electron chi connectivity index (χ4n) is 2.31. The lowest BCUT2D eigenvalue weighted by atomic mass is 10.3. The maximum Gasteiger partial charge on any atom is 0.302 e. The van der Waals surface area contributed by atoms with Crippen LogP contribution in [-0.2, 0) is 0 Å². The van der Waals surface area contributed by atoms with Crippen LogP contribution in [0.15, 0.2) is 0 Å². The first-order chi connectivity index (χ1) is 8.08. The molecule has 108 valence electrons. The Hall–Kier alpha value is -0.360. The summed E-state index contributed by atoms with van der Waals surface area (Å²) in [5.41, 5.74) is 0. The molecule has 0 bridgehead atoms. The van der Waals surface area contributed by atoms with Gasteiger partial charge in [-0.1, -0.05) is 20.8 Å². The van der Waals surface area contributed by atoms with Gasteiger partial charge in [0.15, 0.2) is 0 Å². The van der Waals surface area contributed by atoms with Crippen LogP contribution in [0, 0.1) is 0 Å². The third kappa shape index (κ3) is 1.93. The summed E-state index contributed by atoms with van der Waals surface area (Å²) >= 11 is 0. The van der Waals surface area contributed by atoms with Crippen molar-refractivity contribution in [1.29, 1.82) is 0 Å². The van der Waals surface area contributed by atoms with Gasteiger partial charge in [0.05, 0.1) is 0 Å². The highest BCUT2D eigenvalue weighted by Crippen LogP contribution is 2.37. The zero-order valence-electron chi connectivity index (χ0n) is 10.6. The molecule has 1 aliphatic heterocycles. The third-order valence-electron chi connectivity index (χ3n) is 3.12. The number of aliphatic hydroxyl groups is 6.